The maximum Gasteiger partial charge on any atom is 0.0640 e. The summed E-state index contributed by atoms with van der Waals surface area (Å²) in [5, 5.41) is 10.2. The van der Waals surface area contributed by atoms with Gasteiger partial charge >= 0.3 is 0 Å². The number of hydrogen-bond donors (Lipinski definition) is 1. The fourth-order valence-electron chi connectivity index (χ4n) is 2.24. The highest BCUT2D eigenvalue weighted by Gasteiger charge is 2.30. The monoisotopic (exact) mass is 285 g/mol. The Kier molecular flexibility index (Phi) is 5.04. The van der Waals surface area contributed by atoms with E-state index in [2.05, 4.69) is 60.9 Å². The molecule has 1 aliphatic rings. The molecule has 1 aromatic rings. The number of likely N-dealkylation sites (N-methyl/N-ethyl adjacent to an activating group) is 1. The van der Waals surface area contributed by atoms with Crippen molar-refractivity contribution in [1.29, 1.82) is 0 Å². The van der Waals surface area contributed by atoms with E-state index in [0.717, 1.165) is 16.9 Å². The standard InChI is InChI=1S/C13H23N3S2/c1-9-10(2)18-13(8-17-9)12(14-3)7-11-5-6-16(4)15-11/h5-6,9-10,12-14H,7-8H2,1-4H3. The zero-order chi connectivity index (χ0) is 13.1. The smallest absolute Gasteiger partial charge is 0.0640 e. The molecule has 0 aliphatic carbocycles. The van der Waals surface area contributed by atoms with Gasteiger partial charge in [0, 0.05) is 47.2 Å². The number of aryl methyl sites for hydroxylation is 1. The van der Waals surface area contributed by atoms with Gasteiger partial charge in [0.05, 0.1) is 5.69 Å². The minimum atomic E-state index is 0.521. The van der Waals surface area contributed by atoms with E-state index in [1.807, 2.05) is 17.9 Å². The van der Waals surface area contributed by atoms with Gasteiger partial charge in [0.15, 0.2) is 0 Å². The van der Waals surface area contributed by atoms with Crippen molar-refractivity contribution in [3.8, 4) is 0 Å². The molecule has 1 N–H and O–H groups in total. The van der Waals surface area contributed by atoms with Crippen molar-refractivity contribution in [2.45, 2.75) is 42.1 Å². The minimum Gasteiger partial charge on any atom is -0.315 e. The fourth-order valence-corrected chi connectivity index (χ4v) is 5.40. The summed E-state index contributed by atoms with van der Waals surface area (Å²) in [5.74, 6) is 1.24. The molecule has 18 heavy (non-hydrogen) atoms. The molecular formula is C13H23N3S2. The minimum absolute atomic E-state index is 0.521. The van der Waals surface area contributed by atoms with Crippen molar-refractivity contribution in [2.24, 2.45) is 7.05 Å². The van der Waals surface area contributed by atoms with Crippen LogP contribution in [0.2, 0.25) is 0 Å². The van der Waals surface area contributed by atoms with Crippen LogP contribution < -0.4 is 5.32 Å². The molecule has 4 unspecified atom stereocenters. The first-order valence-electron chi connectivity index (χ1n) is 6.53. The highest BCUT2D eigenvalue weighted by molar-refractivity contribution is 8.07. The molecule has 0 amide bonds. The number of hydrogen-bond acceptors (Lipinski definition) is 4. The van der Waals surface area contributed by atoms with Gasteiger partial charge < -0.3 is 5.32 Å². The third-order valence-corrected chi connectivity index (χ3v) is 7.14. The highest BCUT2D eigenvalue weighted by atomic mass is 32.2. The van der Waals surface area contributed by atoms with Crippen LogP contribution in [0.4, 0.5) is 0 Å². The quantitative estimate of drug-likeness (QED) is 0.918. The van der Waals surface area contributed by atoms with Crippen LogP contribution in [-0.2, 0) is 13.5 Å². The van der Waals surface area contributed by atoms with Crippen LogP contribution in [0, 0.1) is 0 Å². The number of nitrogens with zero attached hydrogens (tertiary/aromatic N) is 2. The maximum absolute atomic E-state index is 4.49. The van der Waals surface area contributed by atoms with Crippen molar-refractivity contribution in [2.75, 3.05) is 12.8 Å². The first kappa shape index (κ1) is 14.3. The van der Waals surface area contributed by atoms with Gasteiger partial charge in [-0.1, -0.05) is 13.8 Å². The summed E-state index contributed by atoms with van der Waals surface area (Å²) < 4.78 is 1.88. The number of thioether (sulfide) groups is 2. The molecule has 1 fully saturated rings. The molecule has 1 aliphatic heterocycles. The van der Waals surface area contributed by atoms with E-state index < -0.39 is 0 Å². The molecule has 0 bridgehead atoms. The highest BCUT2D eigenvalue weighted by Crippen LogP contribution is 2.37. The van der Waals surface area contributed by atoms with E-state index in [0.29, 0.717) is 11.3 Å². The third-order valence-electron chi connectivity index (χ3n) is 3.59. The average Bonchev–Trinajstić information content (AvgIpc) is 2.75. The lowest BCUT2D eigenvalue weighted by Crippen LogP contribution is -2.43. The molecule has 1 aromatic heterocycles. The van der Waals surface area contributed by atoms with Gasteiger partial charge in [0.25, 0.3) is 0 Å². The lowest BCUT2D eigenvalue weighted by atomic mass is 10.1. The topological polar surface area (TPSA) is 29.9 Å². The van der Waals surface area contributed by atoms with Crippen LogP contribution in [0.25, 0.3) is 0 Å². The van der Waals surface area contributed by atoms with Crippen LogP contribution in [-0.4, -0.2) is 44.4 Å². The summed E-state index contributed by atoms with van der Waals surface area (Å²) in [7, 11) is 4.05. The summed E-state index contributed by atoms with van der Waals surface area (Å²) in [6.45, 7) is 4.69. The molecule has 0 spiro atoms. The van der Waals surface area contributed by atoms with Crippen molar-refractivity contribution < 1.29 is 0 Å². The van der Waals surface area contributed by atoms with E-state index >= 15 is 0 Å². The van der Waals surface area contributed by atoms with Gasteiger partial charge in [-0.15, -0.1) is 0 Å². The zero-order valence-electron chi connectivity index (χ0n) is 11.6. The average molecular weight is 285 g/mol. The number of aromatic nitrogens is 2. The van der Waals surface area contributed by atoms with Gasteiger partial charge in [0.1, 0.15) is 0 Å². The summed E-state index contributed by atoms with van der Waals surface area (Å²) in [6, 6.07) is 2.64. The molecule has 5 heteroatoms. The van der Waals surface area contributed by atoms with E-state index in [1.165, 1.54) is 11.4 Å². The lowest BCUT2D eigenvalue weighted by Gasteiger charge is -2.35. The van der Waals surface area contributed by atoms with E-state index in [1.54, 1.807) is 0 Å². The SMILES string of the molecule is CNC(Cc1ccn(C)n1)C1CSC(C)C(C)S1. The van der Waals surface area contributed by atoms with Crippen LogP contribution in [0.15, 0.2) is 12.3 Å². The van der Waals surface area contributed by atoms with Gasteiger partial charge in [-0.05, 0) is 13.1 Å². The largest absolute Gasteiger partial charge is 0.315 e. The Balaban J connectivity index is 1.96. The molecule has 2 rings (SSSR count). The predicted molar refractivity (Wildman–Crippen MR) is 82.5 cm³/mol. The second-order valence-electron chi connectivity index (χ2n) is 5.00. The van der Waals surface area contributed by atoms with Crippen LogP contribution in [0.5, 0.6) is 0 Å². The van der Waals surface area contributed by atoms with Crippen LogP contribution in [0.1, 0.15) is 19.5 Å². The zero-order valence-corrected chi connectivity index (χ0v) is 13.2. The predicted octanol–water partition coefficient (Wildman–Crippen LogP) is 2.18. The van der Waals surface area contributed by atoms with Crippen molar-refractivity contribution in [3.05, 3.63) is 18.0 Å². The van der Waals surface area contributed by atoms with Crippen LogP contribution >= 0.6 is 23.5 Å². The lowest BCUT2D eigenvalue weighted by molar-refractivity contribution is 0.543. The van der Waals surface area contributed by atoms with E-state index in [4.69, 9.17) is 0 Å². The molecule has 0 radical (unpaired) electrons. The molecular weight excluding hydrogens is 262 g/mol. The van der Waals surface area contributed by atoms with Crippen molar-refractivity contribution in [1.82, 2.24) is 15.1 Å². The van der Waals surface area contributed by atoms with Gasteiger partial charge in [-0.25, -0.2) is 0 Å². The number of nitrogens with one attached hydrogen (secondary N) is 1. The Morgan fingerprint density at radius 3 is 2.83 bits per heavy atom. The first-order valence-corrected chi connectivity index (χ1v) is 8.52. The summed E-state index contributed by atoms with van der Waals surface area (Å²) in [5.41, 5.74) is 1.19. The Bertz CT molecular complexity index is 380. The van der Waals surface area contributed by atoms with Gasteiger partial charge in [-0.3, -0.25) is 4.68 Å². The summed E-state index contributed by atoms with van der Waals surface area (Å²) in [6.07, 6.45) is 3.05. The van der Waals surface area contributed by atoms with Gasteiger partial charge in [-0.2, -0.15) is 28.6 Å². The Hall–Kier alpha value is -0.130. The number of rotatable bonds is 4. The molecule has 2 heterocycles. The molecule has 102 valence electrons. The fraction of sp³-hybridized carbons (Fsp3) is 0.769. The van der Waals surface area contributed by atoms with Gasteiger partial charge in [0.2, 0.25) is 0 Å². The normalized spacial score (nSPS) is 30.3. The van der Waals surface area contributed by atoms with E-state index in [9.17, 15) is 0 Å². The molecule has 1 saturated heterocycles. The molecule has 0 aromatic carbocycles. The summed E-state index contributed by atoms with van der Waals surface area (Å²) >= 11 is 4.24. The third kappa shape index (κ3) is 3.45. The summed E-state index contributed by atoms with van der Waals surface area (Å²) in [4.78, 5) is 0. The van der Waals surface area contributed by atoms with Crippen molar-refractivity contribution in [3.63, 3.8) is 0 Å². The molecule has 3 nitrogen and oxygen atoms in total. The van der Waals surface area contributed by atoms with E-state index in [-0.39, 0.29) is 0 Å². The van der Waals surface area contributed by atoms with Crippen LogP contribution in [0.3, 0.4) is 0 Å². The maximum atomic E-state index is 4.49. The Morgan fingerprint density at radius 2 is 2.28 bits per heavy atom. The second kappa shape index (κ2) is 6.35. The Morgan fingerprint density at radius 1 is 1.50 bits per heavy atom. The Labute approximate surface area is 118 Å². The first-order chi connectivity index (χ1) is 8.60. The second-order valence-corrected chi connectivity index (χ2v) is 8.03. The van der Waals surface area contributed by atoms with Crippen molar-refractivity contribution >= 4 is 23.5 Å². The molecule has 0 saturated carbocycles. The molecule has 4 atom stereocenters.